The van der Waals surface area contributed by atoms with Gasteiger partial charge in [-0.3, -0.25) is 4.79 Å². The lowest BCUT2D eigenvalue weighted by Gasteiger charge is -2.27. The van der Waals surface area contributed by atoms with Gasteiger partial charge in [0.1, 0.15) is 0 Å². The second kappa shape index (κ2) is 5.80. The molecule has 1 aromatic rings. The molecule has 20 heavy (non-hydrogen) atoms. The zero-order valence-electron chi connectivity index (χ0n) is 12.1. The minimum Gasteiger partial charge on any atom is -0.339 e. The first-order valence-electron chi connectivity index (χ1n) is 7.53. The lowest BCUT2D eigenvalue weighted by molar-refractivity contribution is -0.128. The summed E-state index contributed by atoms with van der Waals surface area (Å²) in [4.78, 5) is 13.3. The summed E-state index contributed by atoms with van der Waals surface area (Å²) < 4.78 is 0. The fourth-order valence-corrected chi connectivity index (χ4v) is 3.24. The van der Waals surface area contributed by atoms with E-state index < -0.39 is 0 Å². The van der Waals surface area contributed by atoms with Crippen LogP contribution >= 0.6 is 0 Å². The highest BCUT2D eigenvalue weighted by atomic mass is 16.2. The van der Waals surface area contributed by atoms with E-state index in [1.807, 2.05) is 4.90 Å². The molecule has 0 bridgehead atoms. The molecule has 2 aliphatic rings. The molecule has 1 unspecified atom stereocenters. The average molecular weight is 270 g/mol. The van der Waals surface area contributed by atoms with Gasteiger partial charge < -0.3 is 10.2 Å². The van der Waals surface area contributed by atoms with Crippen molar-refractivity contribution in [3.05, 3.63) is 41.5 Å². The highest BCUT2D eigenvalue weighted by Gasteiger charge is 2.22. The molecule has 2 aliphatic heterocycles. The maximum Gasteiger partial charge on any atom is 0.219 e. The van der Waals surface area contributed by atoms with Crippen LogP contribution in [-0.2, 0) is 4.79 Å². The summed E-state index contributed by atoms with van der Waals surface area (Å²) in [6.07, 6.45) is 5.67. The minimum atomic E-state index is 0.172. The standard InChI is InChI=1S/C17H22N2O/c1-13(20)19-11-8-14(9-12-19)15-5-2-3-6-16(15)17-7-4-10-18-17/h2-3,5-6,8,17-18H,4,7,9-12H2,1H3. The number of hydrogen-bond acceptors (Lipinski definition) is 2. The Bertz CT molecular complexity index is 530. The molecule has 106 valence electrons. The zero-order chi connectivity index (χ0) is 13.9. The van der Waals surface area contributed by atoms with Gasteiger partial charge in [-0.05, 0) is 42.5 Å². The van der Waals surface area contributed by atoms with E-state index in [0.29, 0.717) is 6.04 Å². The van der Waals surface area contributed by atoms with E-state index in [1.54, 1.807) is 6.92 Å². The molecule has 1 fully saturated rings. The van der Waals surface area contributed by atoms with Crippen molar-refractivity contribution >= 4 is 11.5 Å². The summed E-state index contributed by atoms with van der Waals surface area (Å²) in [5.74, 6) is 0.172. The molecule has 3 heteroatoms. The molecule has 0 radical (unpaired) electrons. The molecule has 0 spiro atoms. The largest absolute Gasteiger partial charge is 0.339 e. The van der Waals surface area contributed by atoms with E-state index in [1.165, 1.54) is 29.5 Å². The van der Waals surface area contributed by atoms with E-state index in [0.717, 1.165) is 26.1 Å². The van der Waals surface area contributed by atoms with Crippen LogP contribution in [0.1, 0.15) is 43.4 Å². The molecular weight excluding hydrogens is 248 g/mol. The molecular formula is C17H22N2O. The number of benzene rings is 1. The van der Waals surface area contributed by atoms with Crippen molar-refractivity contribution < 1.29 is 4.79 Å². The second-order valence-corrected chi connectivity index (χ2v) is 5.68. The third kappa shape index (κ3) is 2.63. The Labute approximate surface area is 120 Å². The molecule has 1 amide bonds. The van der Waals surface area contributed by atoms with Gasteiger partial charge >= 0.3 is 0 Å². The first-order chi connectivity index (χ1) is 9.75. The van der Waals surface area contributed by atoms with Gasteiger partial charge in [0.2, 0.25) is 5.91 Å². The van der Waals surface area contributed by atoms with Crippen molar-refractivity contribution in [2.45, 2.75) is 32.2 Å². The highest BCUT2D eigenvalue weighted by Crippen LogP contribution is 2.32. The van der Waals surface area contributed by atoms with Gasteiger partial charge in [-0.25, -0.2) is 0 Å². The summed E-state index contributed by atoms with van der Waals surface area (Å²) in [5, 5.41) is 3.59. The van der Waals surface area contributed by atoms with Crippen LogP contribution in [0.3, 0.4) is 0 Å². The van der Waals surface area contributed by atoms with Crippen LogP contribution in [0.25, 0.3) is 5.57 Å². The second-order valence-electron chi connectivity index (χ2n) is 5.68. The first-order valence-corrected chi connectivity index (χ1v) is 7.53. The zero-order valence-corrected chi connectivity index (χ0v) is 12.1. The van der Waals surface area contributed by atoms with Gasteiger partial charge in [-0.2, -0.15) is 0 Å². The molecule has 0 aliphatic carbocycles. The summed E-state index contributed by atoms with van der Waals surface area (Å²) in [6, 6.07) is 9.22. The lowest BCUT2D eigenvalue weighted by atomic mass is 9.91. The van der Waals surface area contributed by atoms with Gasteiger partial charge in [0.05, 0.1) is 0 Å². The smallest absolute Gasteiger partial charge is 0.219 e. The molecule has 3 nitrogen and oxygen atoms in total. The van der Waals surface area contributed by atoms with Gasteiger partial charge in [-0.15, -0.1) is 0 Å². The van der Waals surface area contributed by atoms with Crippen molar-refractivity contribution in [1.29, 1.82) is 0 Å². The number of carbonyl (C=O) groups excluding carboxylic acids is 1. The quantitative estimate of drug-likeness (QED) is 0.896. The first kappa shape index (κ1) is 13.4. The maximum atomic E-state index is 11.4. The number of amides is 1. The Morgan fingerprint density at radius 3 is 2.85 bits per heavy atom. The fourth-order valence-electron chi connectivity index (χ4n) is 3.24. The molecule has 1 atom stereocenters. The molecule has 2 heterocycles. The predicted octanol–water partition coefficient (Wildman–Crippen LogP) is 2.75. The summed E-state index contributed by atoms with van der Waals surface area (Å²) >= 11 is 0. The van der Waals surface area contributed by atoms with Gasteiger partial charge in [0.15, 0.2) is 0 Å². The topological polar surface area (TPSA) is 32.3 Å². The predicted molar refractivity (Wildman–Crippen MR) is 81.3 cm³/mol. The van der Waals surface area contributed by atoms with E-state index in [-0.39, 0.29) is 5.91 Å². The minimum absolute atomic E-state index is 0.172. The molecule has 1 aromatic carbocycles. The SMILES string of the molecule is CC(=O)N1CC=C(c2ccccc2C2CCCN2)CC1. The van der Waals surface area contributed by atoms with Crippen LogP contribution in [0, 0.1) is 0 Å². The fraction of sp³-hybridized carbons (Fsp3) is 0.471. The van der Waals surface area contributed by atoms with Crippen LogP contribution in [-0.4, -0.2) is 30.4 Å². The van der Waals surface area contributed by atoms with Gasteiger partial charge in [0.25, 0.3) is 0 Å². The Morgan fingerprint density at radius 1 is 1.35 bits per heavy atom. The molecule has 1 N–H and O–H groups in total. The van der Waals surface area contributed by atoms with Gasteiger partial charge in [-0.1, -0.05) is 30.3 Å². The number of nitrogens with zero attached hydrogens (tertiary/aromatic N) is 1. The Kier molecular flexibility index (Phi) is 3.88. The summed E-state index contributed by atoms with van der Waals surface area (Å²) in [6.45, 7) is 4.36. The average Bonchev–Trinajstić information content (AvgIpc) is 3.01. The molecule has 3 rings (SSSR count). The lowest BCUT2D eigenvalue weighted by Crippen LogP contribution is -2.32. The number of rotatable bonds is 2. The van der Waals surface area contributed by atoms with Crippen LogP contribution in [0.15, 0.2) is 30.3 Å². The summed E-state index contributed by atoms with van der Waals surface area (Å²) in [7, 11) is 0. The van der Waals surface area contributed by atoms with Crippen molar-refractivity contribution in [3.63, 3.8) is 0 Å². The Balaban J connectivity index is 1.85. The van der Waals surface area contributed by atoms with Crippen LogP contribution in [0.2, 0.25) is 0 Å². The van der Waals surface area contributed by atoms with E-state index >= 15 is 0 Å². The van der Waals surface area contributed by atoms with Crippen LogP contribution in [0.4, 0.5) is 0 Å². The van der Waals surface area contributed by atoms with E-state index in [4.69, 9.17) is 0 Å². The van der Waals surface area contributed by atoms with E-state index in [2.05, 4.69) is 35.7 Å². The Hall–Kier alpha value is -1.61. The monoisotopic (exact) mass is 270 g/mol. The number of hydrogen-bond donors (Lipinski definition) is 1. The van der Waals surface area contributed by atoms with Crippen LogP contribution in [0.5, 0.6) is 0 Å². The maximum absolute atomic E-state index is 11.4. The van der Waals surface area contributed by atoms with E-state index in [9.17, 15) is 4.79 Å². The molecule has 0 saturated carbocycles. The third-order valence-corrected chi connectivity index (χ3v) is 4.40. The normalized spacial score (nSPS) is 22.8. The van der Waals surface area contributed by atoms with Crippen molar-refractivity contribution in [1.82, 2.24) is 10.2 Å². The van der Waals surface area contributed by atoms with Crippen molar-refractivity contribution in [2.75, 3.05) is 19.6 Å². The van der Waals surface area contributed by atoms with Crippen molar-refractivity contribution in [3.8, 4) is 0 Å². The number of nitrogens with one attached hydrogen (secondary N) is 1. The van der Waals surface area contributed by atoms with Crippen molar-refractivity contribution in [2.24, 2.45) is 0 Å². The van der Waals surface area contributed by atoms with Gasteiger partial charge in [0, 0.05) is 26.1 Å². The molecule has 0 aromatic heterocycles. The number of carbonyl (C=O) groups is 1. The van der Waals surface area contributed by atoms with Crippen LogP contribution < -0.4 is 5.32 Å². The Morgan fingerprint density at radius 2 is 2.20 bits per heavy atom. The molecule has 1 saturated heterocycles. The third-order valence-electron chi connectivity index (χ3n) is 4.40. The summed E-state index contributed by atoms with van der Waals surface area (Å²) in [5.41, 5.74) is 4.19. The highest BCUT2D eigenvalue weighted by molar-refractivity contribution is 5.76.